The lowest BCUT2D eigenvalue weighted by atomic mass is 10.1. The van der Waals surface area contributed by atoms with Crippen LogP contribution in [0.1, 0.15) is 48.8 Å². The van der Waals surface area contributed by atoms with Crippen molar-refractivity contribution in [2.24, 2.45) is 0 Å². The summed E-state index contributed by atoms with van der Waals surface area (Å²) < 4.78 is 1.65. The first-order valence-corrected chi connectivity index (χ1v) is 12.4. The average Bonchev–Trinajstić information content (AvgIpc) is 3.17. The summed E-state index contributed by atoms with van der Waals surface area (Å²) in [7, 11) is 3.57. The van der Waals surface area contributed by atoms with Crippen LogP contribution in [0.3, 0.4) is 0 Å². The topological polar surface area (TPSA) is 54.3 Å². The Hall–Kier alpha value is -3.75. The molecule has 2 aromatic carbocycles. The van der Waals surface area contributed by atoms with Crippen molar-refractivity contribution in [2.45, 2.75) is 40.5 Å². The minimum absolute atomic E-state index is 0.0973. The van der Waals surface area contributed by atoms with Crippen LogP contribution in [-0.2, 0) is 11.2 Å². The van der Waals surface area contributed by atoms with E-state index in [1.54, 1.807) is 40.8 Å². The number of carbonyl (C=O) groups is 2. The van der Waals surface area contributed by atoms with Crippen LogP contribution in [0.2, 0.25) is 5.02 Å². The van der Waals surface area contributed by atoms with Crippen LogP contribution >= 0.6 is 11.6 Å². The third-order valence-electron chi connectivity index (χ3n) is 5.84. The van der Waals surface area contributed by atoms with Gasteiger partial charge in [-0.25, -0.2) is 0 Å². The molecule has 0 unspecified atom stereocenters. The number of carbonyl (C=O) groups excluding carboxylic acids is 2. The van der Waals surface area contributed by atoms with Crippen molar-refractivity contribution in [2.75, 3.05) is 24.3 Å². The molecule has 1 heterocycles. The van der Waals surface area contributed by atoms with E-state index in [0.717, 1.165) is 22.2 Å². The number of anilines is 2. The maximum Gasteiger partial charge on any atom is 0.262 e. The summed E-state index contributed by atoms with van der Waals surface area (Å²) in [5.41, 5.74) is 3.63. The lowest BCUT2D eigenvalue weighted by Gasteiger charge is -2.20. The molecule has 0 fully saturated rings. The highest BCUT2D eigenvalue weighted by Crippen LogP contribution is 2.24. The summed E-state index contributed by atoms with van der Waals surface area (Å²) in [4.78, 5) is 28.5. The number of aromatic nitrogens is 1. The maximum absolute atomic E-state index is 13.5. The second-order valence-corrected chi connectivity index (χ2v) is 8.24. The first-order valence-electron chi connectivity index (χ1n) is 12.0. The fourth-order valence-corrected chi connectivity index (χ4v) is 4.17. The highest BCUT2D eigenvalue weighted by atomic mass is 35.5. The van der Waals surface area contributed by atoms with E-state index < -0.39 is 0 Å². The molecule has 0 radical (unpaired) electrons. The number of nitrogens with zero attached hydrogens (tertiary/aromatic N) is 2. The number of halogens is 1. The van der Waals surface area contributed by atoms with Gasteiger partial charge in [-0.15, -0.1) is 12.3 Å². The van der Waals surface area contributed by atoms with E-state index in [9.17, 15) is 9.59 Å². The Bertz CT molecular complexity index is 1380. The molecule has 1 N–H and O–H groups in total. The molecule has 0 aliphatic rings. The quantitative estimate of drug-likeness (QED) is 0.481. The van der Waals surface area contributed by atoms with Crippen LogP contribution in [0.5, 0.6) is 0 Å². The minimum Gasteiger partial charge on any atom is -0.386 e. The average molecular weight is 504 g/mol. The Morgan fingerprint density at radius 2 is 1.78 bits per heavy atom. The van der Waals surface area contributed by atoms with Crippen LogP contribution < -0.4 is 20.8 Å². The van der Waals surface area contributed by atoms with E-state index in [2.05, 4.69) is 11.2 Å². The lowest BCUT2D eigenvalue weighted by Crippen LogP contribution is -2.35. The first-order chi connectivity index (χ1) is 17.3. The van der Waals surface area contributed by atoms with E-state index in [1.165, 1.54) is 0 Å². The van der Waals surface area contributed by atoms with Crippen molar-refractivity contribution in [3.05, 3.63) is 80.9 Å². The molecule has 1 aromatic heterocycles. The standard InChI is InChI=1S/C28H28ClN3O2.C2H6/c1-6-8-11-22-23(18-27(33)31(5)26-13-10-9-12-24(26)30-4)19(3)32(25(22)7-2)28(34)20-14-16-21(29)17-15-20;1-2/h1,7,9-17,30H,8,18H2,2-5H3;1-2H3/b22-11-,25-7+;. The van der Waals surface area contributed by atoms with Crippen molar-refractivity contribution in [3.63, 3.8) is 0 Å². The summed E-state index contributed by atoms with van der Waals surface area (Å²) in [6, 6.07) is 14.4. The molecular formula is C30H34ClN3O2. The number of rotatable bonds is 6. The summed E-state index contributed by atoms with van der Waals surface area (Å²) in [5.74, 6) is 2.34. The highest BCUT2D eigenvalue weighted by Gasteiger charge is 2.22. The van der Waals surface area contributed by atoms with Gasteiger partial charge in [0.15, 0.2) is 0 Å². The van der Waals surface area contributed by atoms with E-state index in [-0.39, 0.29) is 18.2 Å². The molecule has 0 aliphatic carbocycles. The van der Waals surface area contributed by atoms with Gasteiger partial charge in [-0.2, -0.15) is 0 Å². The Morgan fingerprint density at radius 1 is 1.14 bits per heavy atom. The highest BCUT2D eigenvalue weighted by molar-refractivity contribution is 6.30. The molecule has 0 bridgehead atoms. The zero-order chi connectivity index (χ0) is 26.8. The van der Waals surface area contributed by atoms with Crippen LogP contribution in [0.4, 0.5) is 11.4 Å². The monoisotopic (exact) mass is 503 g/mol. The number of para-hydroxylation sites is 2. The Balaban J connectivity index is 0.00000222. The number of hydrogen-bond donors (Lipinski definition) is 1. The van der Waals surface area contributed by atoms with Gasteiger partial charge in [-0.05, 0) is 55.8 Å². The largest absolute Gasteiger partial charge is 0.386 e. The molecule has 188 valence electrons. The van der Waals surface area contributed by atoms with Gasteiger partial charge in [0.25, 0.3) is 5.91 Å². The van der Waals surface area contributed by atoms with Crippen molar-refractivity contribution >= 4 is 46.9 Å². The predicted octanol–water partition coefficient (Wildman–Crippen LogP) is 5.02. The molecular weight excluding hydrogens is 470 g/mol. The zero-order valence-electron chi connectivity index (χ0n) is 21.9. The van der Waals surface area contributed by atoms with Crippen molar-refractivity contribution in [1.82, 2.24) is 4.57 Å². The third kappa shape index (κ3) is 6.08. The van der Waals surface area contributed by atoms with Crippen molar-refractivity contribution in [3.8, 4) is 12.3 Å². The fraction of sp³-hybridized carbons (Fsp3) is 0.267. The van der Waals surface area contributed by atoms with Crippen molar-refractivity contribution in [1.29, 1.82) is 0 Å². The van der Waals surface area contributed by atoms with Gasteiger partial charge in [-0.3, -0.25) is 14.2 Å². The fourth-order valence-electron chi connectivity index (χ4n) is 4.05. The molecule has 0 atom stereocenters. The number of terminal acetylenes is 1. The molecule has 1 amide bonds. The van der Waals surface area contributed by atoms with Gasteiger partial charge in [0, 0.05) is 42.0 Å². The third-order valence-corrected chi connectivity index (χ3v) is 6.09. The lowest BCUT2D eigenvalue weighted by molar-refractivity contribution is -0.117. The van der Waals surface area contributed by atoms with Gasteiger partial charge < -0.3 is 10.2 Å². The summed E-state index contributed by atoms with van der Waals surface area (Å²) >= 11 is 6.00. The molecule has 3 rings (SSSR count). The van der Waals surface area contributed by atoms with Gasteiger partial charge in [0.2, 0.25) is 5.91 Å². The number of likely N-dealkylation sites (N-methyl/N-ethyl adjacent to an activating group) is 1. The molecule has 0 spiro atoms. The first kappa shape index (κ1) is 28.5. The smallest absolute Gasteiger partial charge is 0.262 e. The van der Waals surface area contributed by atoms with Crippen LogP contribution in [0, 0.1) is 19.3 Å². The van der Waals surface area contributed by atoms with Gasteiger partial charge in [-0.1, -0.05) is 49.7 Å². The Morgan fingerprint density at radius 3 is 2.36 bits per heavy atom. The van der Waals surface area contributed by atoms with E-state index in [1.807, 2.05) is 71.2 Å². The SMILES string of the molecule is C#CC/C=c1/c(CC(=O)N(C)c2ccccc2NC)c(C)n(C(=O)c2ccc(Cl)cc2)/c1=C/C.CC. The predicted molar refractivity (Wildman–Crippen MR) is 152 cm³/mol. The number of hydrogen-bond acceptors (Lipinski definition) is 3. The number of nitrogens with one attached hydrogen (secondary N) is 1. The normalized spacial score (nSPS) is 11.4. The van der Waals surface area contributed by atoms with E-state index in [0.29, 0.717) is 28.0 Å². The second kappa shape index (κ2) is 13.4. The molecule has 0 saturated heterocycles. The van der Waals surface area contributed by atoms with Crippen molar-refractivity contribution < 1.29 is 9.59 Å². The van der Waals surface area contributed by atoms with Gasteiger partial charge in [0.1, 0.15) is 0 Å². The molecule has 5 nitrogen and oxygen atoms in total. The Kier molecular flexibility index (Phi) is 10.6. The molecule has 36 heavy (non-hydrogen) atoms. The van der Waals surface area contributed by atoms with Gasteiger partial charge in [0.05, 0.1) is 23.1 Å². The maximum atomic E-state index is 13.5. The van der Waals surface area contributed by atoms with Crippen LogP contribution in [-0.4, -0.2) is 30.5 Å². The molecule has 0 saturated carbocycles. The minimum atomic E-state index is -0.190. The van der Waals surface area contributed by atoms with Gasteiger partial charge >= 0.3 is 0 Å². The number of benzene rings is 2. The molecule has 6 heteroatoms. The summed E-state index contributed by atoms with van der Waals surface area (Å²) in [6.07, 6.45) is 9.81. The molecule has 3 aromatic rings. The number of amides is 1. The zero-order valence-corrected chi connectivity index (χ0v) is 22.6. The summed E-state index contributed by atoms with van der Waals surface area (Å²) in [5, 5.41) is 5.20. The molecule has 0 aliphatic heterocycles. The summed E-state index contributed by atoms with van der Waals surface area (Å²) in [6.45, 7) is 7.73. The second-order valence-electron chi connectivity index (χ2n) is 7.81. The van der Waals surface area contributed by atoms with Crippen LogP contribution in [0.25, 0.3) is 12.2 Å². The Labute approximate surface area is 219 Å². The van der Waals surface area contributed by atoms with E-state index in [4.69, 9.17) is 18.0 Å². The van der Waals surface area contributed by atoms with Crippen LogP contribution in [0.15, 0.2) is 48.5 Å². The van der Waals surface area contributed by atoms with E-state index >= 15 is 0 Å².